The molecule has 1 fully saturated rings. The van der Waals surface area contributed by atoms with Gasteiger partial charge >= 0.3 is 0 Å². The Bertz CT molecular complexity index is 308. The zero-order valence-corrected chi connectivity index (χ0v) is 18.4. The van der Waals surface area contributed by atoms with Gasteiger partial charge in [0.1, 0.15) is 0 Å². The number of hydrogen-bond donors (Lipinski definition) is 1. The zero-order chi connectivity index (χ0) is 19.6. The van der Waals surface area contributed by atoms with Gasteiger partial charge in [-0.1, -0.05) is 97.3 Å². The highest BCUT2D eigenvalue weighted by molar-refractivity contribution is 4.73. The van der Waals surface area contributed by atoms with Gasteiger partial charge in [0.25, 0.3) is 0 Å². The molecule has 0 aromatic heterocycles. The predicted molar refractivity (Wildman–Crippen MR) is 115 cm³/mol. The summed E-state index contributed by atoms with van der Waals surface area (Å²) in [6.07, 6.45) is 21.8. The first-order chi connectivity index (χ1) is 13.3. The number of ether oxygens (including phenoxy) is 2. The summed E-state index contributed by atoms with van der Waals surface area (Å²) < 4.78 is 11.9. The molecule has 0 spiro atoms. The summed E-state index contributed by atoms with van der Waals surface area (Å²) in [5, 5.41) is 9.23. The minimum absolute atomic E-state index is 0.198. The molecule has 1 rings (SSSR count). The van der Waals surface area contributed by atoms with Gasteiger partial charge in [-0.15, -0.1) is 0 Å². The van der Waals surface area contributed by atoms with Crippen LogP contribution in [0.3, 0.4) is 0 Å². The summed E-state index contributed by atoms with van der Waals surface area (Å²) in [5.41, 5.74) is 0. The van der Waals surface area contributed by atoms with Crippen molar-refractivity contribution in [2.75, 3.05) is 19.8 Å². The van der Waals surface area contributed by atoms with Crippen LogP contribution in [0.15, 0.2) is 0 Å². The minimum atomic E-state index is 0.198. The van der Waals surface area contributed by atoms with Crippen LogP contribution in [0.25, 0.3) is 0 Å². The van der Waals surface area contributed by atoms with Crippen LogP contribution in [0.2, 0.25) is 0 Å². The Morgan fingerprint density at radius 1 is 0.815 bits per heavy atom. The summed E-state index contributed by atoms with van der Waals surface area (Å²) in [7, 11) is 0. The van der Waals surface area contributed by atoms with Crippen molar-refractivity contribution >= 4 is 0 Å². The van der Waals surface area contributed by atoms with Gasteiger partial charge in [-0.2, -0.15) is 0 Å². The average molecular weight is 385 g/mol. The number of unbranched alkanes of at least 4 members (excludes halogenated alkanes) is 11. The van der Waals surface area contributed by atoms with E-state index in [9.17, 15) is 5.11 Å². The second-order valence-electron chi connectivity index (χ2n) is 8.66. The Morgan fingerprint density at radius 3 is 1.93 bits per heavy atom. The molecule has 0 bridgehead atoms. The van der Waals surface area contributed by atoms with Crippen LogP contribution < -0.4 is 0 Å². The number of aliphatic hydroxyl groups excluding tert-OH is 1. The first-order valence-corrected chi connectivity index (χ1v) is 12.1. The largest absolute Gasteiger partial charge is 0.396 e. The molecule has 0 aliphatic carbocycles. The van der Waals surface area contributed by atoms with Crippen molar-refractivity contribution in [1.29, 1.82) is 0 Å². The van der Waals surface area contributed by atoms with E-state index in [-0.39, 0.29) is 12.7 Å². The number of hydrogen-bond acceptors (Lipinski definition) is 3. The van der Waals surface area contributed by atoms with Gasteiger partial charge in [0.2, 0.25) is 0 Å². The lowest BCUT2D eigenvalue weighted by Crippen LogP contribution is -2.21. The van der Waals surface area contributed by atoms with Crippen LogP contribution >= 0.6 is 0 Å². The van der Waals surface area contributed by atoms with Crippen molar-refractivity contribution in [1.82, 2.24) is 0 Å². The molecule has 0 saturated carbocycles. The fourth-order valence-electron chi connectivity index (χ4n) is 4.05. The molecule has 3 unspecified atom stereocenters. The molecule has 162 valence electrons. The normalized spacial score (nSPS) is 21.0. The molecule has 0 amide bonds. The van der Waals surface area contributed by atoms with Crippen LogP contribution in [0.1, 0.15) is 117 Å². The van der Waals surface area contributed by atoms with E-state index in [1.807, 2.05) is 0 Å². The third-order valence-electron chi connectivity index (χ3n) is 5.95. The van der Waals surface area contributed by atoms with Crippen molar-refractivity contribution in [2.45, 2.75) is 129 Å². The SMILES string of the molecule is CCCCCCCCCCCCCC(CCCC)OCC1CC(CO)CO1. The van der Waals surface area contributed by atoms with E-state index in [0.29, 0.717) is 25.2 Å². The third kappa shape index (κ3) is 13.7. The highest BCUT2D eigenvalue weighted by atomic mass is 16.5. The van der Waals surface area contributed by atoms with Crippen molar-refractivity contribution < 1.29 is 14.6 Å². The van der Waals surface area contributed by atoms with Crippen molar-refractivity contribution in [3.63, 3.8) is 0 Å². The Balaban J connectivity index is 2.00. The Kier molecular flexibility index (Phi) is 16.6. The molecular formula is C24H48O3. The van der Waals surface area contributed by atoms with Gasteiger partial charge in [0.05, 0.1) is 25.4 Å². The number of aliphatic hydroxyl groups is 1. The highest BCUT2D eigenvalue weighted by Crippen LogP contribution is 2.21. The second-order valence-corrected chi connectivity index (χ2v) is 8.66. The molecule has 3 nitrogen and oxygen atoms in total. The first-order valence-electron chi connectivity index (χ1n) is 12.1. The van der Waals surface area contributed by atoms with Crippen molar-refractivity contribution in [3.05, 3.63) is 0 Å². The van der Waals surface area contributed by atoms with E-state index < -0.39 is 0 Å². The summed E-state index contributed by atoms with van der Waals surface area (Å²) in [6.45, 7) is 6.19. The maximum atomic E-state index is 9.23. The summed E-state index contributed by atoms with van der Waals surface area (Å²) >= 11 is 0. The molecule has 0 aromatic rings. The maximum Gasteiger partial charge on any atom is 0.0813 e. The smallest absolute Gasteiger partial charge is 0.0813 e. The molecule has 1 aliphatic rings. The fraction of sp³-hybridized carbons (Fsp3) is 1.00. The molecule has 0 aromatic carbocycles. The molecule has 0 radical (unpaired) electrons. The van der Waals surface area contributed by atoms with Crippen LogP contribution in [0.4, 0.5) is 0 Å². The summed E-state index contributed by atoms with van der Waals surface area (Å²) in [4.78, 5) is 0. The van der Waals surface area contributed by atoms with Gasteiger partial charge in [-0.05, 0) is 19.3 Å². The van der Waals surface area contributed by atoms with Crippen LogP contribution in [0, 0.1) is 5.92 Å². The first kappa shape index (κ1) is 24.9. The highest BCUT2D eigenvalue weighted by Gasteiger charge is 2.25. The minimum Gasteiger partial charge on any atom is -0.396 e. The van der Waals surface area contributed by atoms with E-state index in [2.05, 4.69) is 13.8 Å². The topological polar surface area (TPSA) is 38.7 Å². The lowest BCUT2D eigenvalue weighted by Gasteiger charge is -2.20. The van der Waals surface area contributed by atoms with E-state index in [1.165, 1.54) is 96.3 Å². The average Bonchev–Trinajstić information content (AvgIpc) is 3.15. The lowest BCUT2D eigenvalue weighted by molar-refractivity contribution is -0.0277. The Hall–Kier alpha value is -0.120. The van der Waals surface area contributed by atoms with Crippen LogP contribution in [-0.4, -0.2) is 37.1 Å². The number of rotatable bonds is 19. The van der Waals surface area contributed by atoms with E-state index in [4.69, 9.17) is 9.47 Å². The van der Waals surface area contributed by atoms with E-state index in [0.717, 1.165) is 6.42 Å². The summed E-state index contributed by atoms with van der Waals surface area (Å²) in [5.74, 6) is 0.319. The van der Waals surface area contributed by atoms with Gasteiger partial charge in [0.15, 0.2) is 0 Å². The molecule has 27 heavy (non-hydrogen) atoms. The van der Waals surface area contributed by atoms with Crippen LogP contribution in [-0.2, 0) is 9.47 Å². The monoisotopic (exact) mass is 384 g/mol. The zero-order valence-electron chi connectivity index (χ0n) is 18.4. The molecular weight excluding hydrogens is 336 g/mol. The third-order valence-corrected chi connectivity index (χ3v) is 5.95. The summed E-state index contributed by atoms with van der Waals surface area (Å²) in [6, 6.07) is 0. The quantitative estimate of drug-likeness (QED) is 0.253. The van der Waals surface area contributed by atoms with Gasteiger partial charge in [0, 0.05) is 12.5 Å². The Morgan fingerprint density at radius 2 is 1.37 bits per heavy atom. The van der Waals surface area contributed by atoms with Crippen LogP contribution in [0.5, 0.6) is 0 Å². The Labute approximate surface area is 169 Å². The fourth-order valence-corrected chi connectivity index (χ4v) is 4.05. The molecule has 1 aliphatic heterocycles. The molecule has 1 saturated heterocycles. The van der Waals surface area contributed by atoms with Gasteiger partial charge in [-0.25, -0.2) is 0 Å². The lowest BCUT2D eigenvalue weighted by atomic mass is 10.0. The molecule has 3 atom stereocenters. The molecule has 3 heteroatoms. The molecule has 1 N–H and O–H groups in total. The van der Waals surface area contributed by atoms with E-state index >= 15 is 0 Å². The predicted octanol–water partition coefficient (Wildman–Crippen LogP) is 6.66. The standard InChI is InChI=1S/C24H48O3/c1-3-5-7-8-9-10-11-12-13-14-15-17-23(16-6-4-2)27-21-24-18-22(19-25)20-26-24/h22-25H,3-21H2,1-2H3. The van der Waals surface area contributed by atoms with Crippen molar-refractivity contribution in [2.24, 2.45) is 5.92 Å². The second kappa shape index (κ2) is 17.9. The maximum absolute atomic E-state index is 9.23. The van der Waals surface area contributed by atoms with Crippen molar-refractivity contribution in [3.8, 4) is 0 Å². The van der Waals surface area contributed by atoms with Gasteiger partial charge in [-0.3, -0.25) is 0 Å². The molecule has 1 heterocycles. The van der Waals surface area contributed by atoms with E-state index in [1.54, 1.807) is 0 Å². The van der Waals surface area contributed by atoms with Gasteiger partial charge < -0.3 is 14.6 Å².